The van der Waals surface area contributed by atoms with Crippen molar-refractivity contribution in [3.63, 3.8) is 0 Å². The molecule has 8 heteroatoms. The van der Waals surface area contributed by atoms with Crippen LogP contribution in [0.2, 0.25) is 0 Å². The molecule has 2 unspecified atom stereocenters. The molecule has 176 valence electrons. The van der Waals surface area contributed by atoms with E-state index in [4.69, 9.17) is 4.74 Å². The molecule has 8 nitrogen and oxygen atoms in total. The molecule has 1 aromatic rings. The van der Waals surface area contributed by atoms with Gasteiger partial charge in [0.05, 0.1) is 13.0 Å². The minimum Gasteiger partial charge on any atom is -0.497 e. The molecule has 2 fully saturated rings. The lowest BCUT2D eigenvalue weighted by atomic mass is 9.79. The molecule has 3 N–H and O–H groups in total. The lowest BCUT2D eigenvalue weighted by Crippen LogP contribution is -2.63. The second-order valence-electron chi connectivity index (χ2n) is 10.3. The number of methoxy groups -OCH3 is 1. The lowest BCUT2D eigenvalue weighted by molar-refractivity contribution is -0.131. The van der Waals surface area contributed by atoms with Gasteiger partial charge in [0.1, 0.15) is 11.8 Å². The summed E-state index contributed by atoms with van der Waals surface area (Å²) in [5.74, 6) is -0.366. The standard InChI is InChI=1S/C24H36N4O4/c1-15(21(30)26-17-12-23(2,3)27-24(4,5)13-17)25-22(31)16-11-20(29)28(14-16)18-7-9-19(32-6)10-8-18/h7-10,15-17,27H,11-14H2,1-6H3,(H,25,31)(H,26,30). The molecule has 2 saturated heterocycles. The fourth-order valence-corrected chi connectivity index (χ4v) is 5.04. The van der Waals surface area contributed by atoms with Crippen molar-refractivity contribution in [1.82, 2.24) is 16.0 Å². The van der Waals surface area contributed by atoms with Gasteiger partial charge in [-0.25, -0.2) is 0 Å². The number of piperidine rings is 1. The molecule has 0 radical (unpaired) electrons. The predicted octanol–water partition coefficient (Wildman–Crippen LogP) is 1.98. The van der Waals surface area contributed by atoms with Crippen molar-refractivity contribution in [2.45, 2.75) is 77.0 Å². The lowest BCUT2D eigenvalue weighted by Gasteiger charge is -2.46. The third-order valence-electron chi connectivity index (χ3n) is 6.17. The van der Waals surface area contributed by atoms with Crippen molar-refractivity contribution in [1.29, 1.82) is 0 Å². The van der Waals surface area contributed by atoms with Crippen molar-refractivity contribution < 1.29 is 19.1 Å². The Morgan fingerprint density at radius 2 is 1.72 bits per heavy atom. The van der Waals surface area contributed by atoms with E-state index in [0.29, 0.717) is 12.3 Å². The van der Waals surface area contributed by atoms with Gasteiger partial charge in [-0.1, -0.05) is 0 Å². The fourth-order valence-electron chi connectivity index (χ4n) is 5.04. The number of rotatable bonds is 6. The predicted molar refractivity (Wildman–Crippen MR) is 124 cm³/mol. The summed E-state index contributed by atoms with van der Waals surface area (Å²) in [6, 6.07) is 6.53. The van der Waals surface area contributed by atoms with E-state index in [1.54, 1.807) is 43.2 Å². The Balaban J connectivity index is 1.54. The molecule has 2 heterocycles. The van der Waals surface area contributed by atoms with E-state index in [-0.39, 0.29) is 41.3 Å². The highest BCUT2D eigenvalue weighted by Gasteiger charge is 2.39. The number of amides is 3. The van der Waals surface area contributed by atoms with Gasteiger partial charge in [0.2, 0.25) is 17.7 Å². The average Bonchev–Trinajstić information content (AvgIpc) is 3.07. The van der Waals surface area contributed by atoms with Crippen LogP contribution in [0.25, 0.3) is 0 Å². The van der Waals surface area contributed by atoms with E-state index >= 15 is 0 Å². The summed E-state index contributed by atoms with van der Waals surface area (Å²) in [6.45, 7) is 10.5. The van der Waals surface area contributed by atoms with Gasteiger partial charge in [-0.15, -0.1) is 0 Å². The van der Waals surface area contributed by atoms with E-state index in [9.17, 15) is 14.4 Å². The molecule has 2 aliphatic heterocycles. The monoisotopic (exact) mass is 444 g/mol. The van der Waals surface area contributed by atoms with Gasteiger partial charge in [-0.2, -0.15) is 0 Å². The van der Waals surface area contributed by atoms with Gasteiger partial charge < -0.3 is 25.6 Å². The van der Waals surface area contributed by atoms with Crippen molar-refractivity contribution in [2.75, 3.05) is 18.6 Å². The van der Waals surface area contributed by atoms with Crippen LogP contribution in [0.15, 0.2) is 24.3 Å². The van der Waals surface area contributed by atoms with E-state index in [1.807, 2.05) is 0 Å². The minimum atomic E-state index is -0.672. The number of carbonyl (C=O) groups is 3. The van der Waals surface area contributed by atoms with Crippen LogP contribution in [0.5, 0.6) is 5.75 Å². The zero-order chi connectivity index (χ0) is 23.7. The Morgan fingerprint density at radius 3 is 2.28 bits per heavy atom. The molecule has 2 atom stereocenters. The van der Waals surface area contributed by atoms with Crippen LogP contribution in [-0.4, -0.2) is 54.5 Å². The smallest absolute Gasteiger partial charge is 0.242 e. The van der Waals surface area contributed by atoms with Crippen LogP contribution in [0.3, 0.4) is 0 Å². The Kier molecular flexibility index (Phi) is 6.83. The second kappa shape index (κ2) is 9.10. The van der Waals surface area contributed by atoms with Crippen molar-refractivity contribution in [3.8, 4) is 5.75 Å². The van der Waals surface area contributed by atoms with Crippen LogP contribution in [0, 0.1) is 5.92 Å². The number of ether oxygens (including phenoxy) is 1. The maximum atomic E-state index is 12.8. The maximum absolute atomic E-state index is 12.8. The van der Waals surface area contributed by atoms with Gasteiger partial charge >= 0.3 is 0 Å². The molecule has 3 amide bonds. The quantitative estimate of drug-likeness (QED) is 0.623. The first kappa shape index (κ1) is 24.0. The molecule has 32 heavy (non-hydrogen) atoms. The van der Waals surface area contributed by atoms with Gasteiger partial charge in [0.15, 0.2) is 0 Å². The topological polar surface area (TPSA) is 99.8 Å². The number of anilines is 1. The molecule has 0 saturated carbocycles. The molecular formula is C24H36N4O4. The van der Waals surface area contributed by atoms with Gasteiger partial charge in [0, 0.05) is 35.8 Å². The third-order valence-corrected chi connectivity index (χ3v) is 6.17. The Hall–Kier alpha value is -2.61. The summed E-state index contributed by atoms with van der Waals surface area (Å²) >= 11 is 0. The summed E-state index contributed by atoms with van der Waals surface area (Å²) in [7, 11) is 1.58. The van der Waals surface area contributed by atoms with Crippen LogP contribution in [0.1, 0.15) is 53.9 Å². The molecule has 0 aromatic heterocycles. The zero-order valence-corrected chi connectivity index (χ0v) is 20.0. The van der Waals surface area contributed by atoms with Crippen LogP contribution in [0.4, 0.5) is 5.69 Å². The molecule has 0 spiro atoms. The van der Waals surface area contributed by atoms with Crippen molar-refractivity contribution in [2.24, 2.45) is 5.92 Å². The number of benzene rings is 1. The number of nitrogens with zero attached hydrogens (tertiary/aromatic N) is 1. The number of hydrogen-bond acceptors (Lipinski definition) is 5. The van der Waals surface area contributed by atoms with Gasteiger partial charge in [0.25, 0.3) is 0 Å². The number of nitrogens with one attached hydrogen (secondary N) is 3. The van der Waals surface area contributed by atoms with Gasteiger partial charge in [-0.05, 0) is 71.7 Å². The Labute approximate surface area is 190 Å². The highest BCUT2D eigenvalue weighted by molar-refractivity contribution is 6.01. The third kappa shape index (κ3) is 5.79. The number of carbonyl (C=O) groups excluding carboxylic acids is 3. The summed E-state index contributed by atoms with van der Waals surface area (Å²) in [5.41, 5.74) is 0.566. The Bertz CT molecular complexity index is 849. The van der Waals surface area contributed by atoms with E-state index in [2.05, 4.69) is 43.6 Å². The first-order valence-corrected chi connectivity index (χ1v) is 11.2. The first-order chi connectivity index (χ1) is 14.9. The molecule has 1 aromatic carbocycles. The SMILES string of the molecule is COc1ccc(N2CC(C(=O)NC(C)C(=O)NC3CC(C)(C)NC(C)(C)C3)CC2=O)cc1. The first-order valence-electron chi connectivity index (χ1n) is 11.2. The number of hydrogen-bond donors (Lipinski definition) is 3. The average molecular weight is 445 g/mol. The van der Waals surface area contributed by atoms with E-state index in [0.717, 1.165) is 18.5 Å². The molecule has 0 bridgehead atoms. The van der Waals surface area contributed by atoms with Crippen molar-refractivity contribution >= 4 is 23.4 Å². The molecule has 3 rings (SSSR count). The summed E-state index contributed by atoms with van der Waals surface area (Å²) in [6.07, 6.45) is 1.76. The maximum Gasteiger partial charge on any atom is 0.242 e. The molecule has 2 aliphatic rings. The van der Waals surface area contributed by atoms with Crippen LogP contribution >= 0.6 is 0 Å². The van der Waals surface area contributed by atoms with E-state index in [1.165, 1.54) is 0 Å². The van der Waals surface area contributed by atoms with Crippen LogP contribution < -0.4 is 25.6 Å². The fraction of sp³-hybridized carbons (Fsp3) is 0.625. The summed E-state index contributed by atoms with van der Waals surface area (Å²) < 4.78 is 5.15. The summed E-state index contributed by atoms with van der Waals surface area (Å²) in [5, 5.41) is 9.49. The summed E-state index contributed by atoms with van der Waals surface area (Å²) in [4.78, 5) is 39.6. The Morgan fingerprint density at radius 1 is 1.12 bits per heavy atom. The van der Waals surface area contributed by atoms with E-state index < -0.39 is 12.0 Å². The zero-order valence-electron chi connectivity index (χ0n) is 20.0. The highest BCUT2D eigenvalue weighted by Crippen LogP contribution is 2.29. The normalized spacial score (nSPS) is 23.5. The largest absolute Gasteiger partial charge is 0.497 e. The minimum absolute atomic E-state index is 0.0340. The van der Waals surface area contributed by atoms with Gasteiger partial charge in [-0.3, -0.25) is 14.4 Å². The highest BCUT2D eigenvalue weighted by atomic mass is 16.5. The second-order valence-corrected chi connectivity index (χ2v) is 10.3. The van der Waals surface area contributed by atoms with Crippen LogP contribution in [-0.2, 0) is 14.4 Å². The molecule has 0 aliphatic carbocycles. The molecular weight excluding hydrogens is 408 g/mol. The van der Waals surface area contributed by atoms with Crippen molar-refractivity contribution in [3.05, 3.63) is 24.3 Å².